The van der Waals surface area contributed by atoms with Crippen LogP contribution in [0.4, 0.5) is 13.2 Å². The summed E-state index contributed by atoms with van der Waals surface area (Å²) in [5, 5.41) is 2.25. The molecule has 0 bridgehead atoms. The van der Waals surface area contributed by atoms with E-state index in [1.165, 1.54) is 6.07 Å². The first-order valence-electron chi connectivity index (χ1n) is 7.63. The highest BCUT2D eigenvalue weighted by Gasteiger charge is 2.16. The highest BCUT2D eigenvalue weighted by Crippen LogP contribution is 2.27. The van der Waals surface area contributed by atoms with Crippen LogP contribution in [-0.2, 0) is 13.0 Å². The first kappa shape index (κ1) is 19.2. The van der Waals surface area contributed by atoms with Gasteiger partial charge in [-0.05, 0) is 30.3 Å². The molecule has 4 nitrogen and oxygen atoms in total. The third-order valence-corrected chi connectivity index (χ3v) is 4.81. The lowest BCUT2D eigenvalue weighted by Crippen LogP contribution is -2.10. The van der Waals surface area contributed by atoms with Crippen LogP contribution in [0.5, 0.6) is 5.75 Å². The summed E-state index contributed by atoms with van der Waals surface area (Å²) in [6.45, 7) is -0.506. The zero-order chi connectivity index (χ0) is 19.6. The van der Waals surface area contributed by atoms with Crippen LogP contribution in [0, 0.1) is 17.5 Å². The third-order valence-electron chi connectivity index (χ3n) is 3.67. The molecule has 3 rings (SSSR count). The molecule has 2 N–H and O–H groups in total. The average molecular weight is 413 g/mol. The van der Waals surface area contributed by atoms with Gasteiger partial charge in [0.2, 0.25) is 0 Å². The van der Waals surface area contributed by atoms with Gasteiger partial charge in [0.05, 0.1) is 11.3 Å². The number of ether oxygens (including phenoxy) is 1. The largest absolute Gasteiger partial charge is 0.488 e. The van der Waals surface area contributed by atoms with E-state index in [2.05, 4.69) is 4.98 Å². The quantitative estimate of drug-likeness (QED) is 0.607. The van der Waals surface area contributed by atoms with Crippen molar-refractivity contribution in [3.63, 3.8) is 0 Å². The van der Waals surface area contributed by atoms with Crippen molar-refractivity contribution in [2.75, 3.05) is 0 Å². The molecular weight excluding hydrogens is 401 g/mol. The Morgan fingerprint density at radius 3 is 2.63 bits per heavy atom. The molecular formula is C18H12ClF3N2O2S. The maximum Gasteiger partial charge on any atom is 0.277 e. The molecule has 0 saturated heterocycles. The standard InChI is InChI=1S/C18H12ClF3N2O2S/c19-10-1-4-15(26-7-12-13(20)2-3-14(21)16(12)22)9(5-10)6-11-8-27-18(24-11)17(23)25/h1-5,8H,6-7H2,(H2,23,25). The van der Waals surface area contributed by atoms with Crippen molar-refractivity contribution in [3.05, 3.63) is 80.0 Å². The van der Waals surface area contributed by atoms with E-state index in [4.69, 9.17) is 22.1 Å². The SMILES string of the molecule is NC(=O)c1nc(Cc2cc(Cl)ccc2OCc2c(F)ccc(F)c2F)cs1. The predicted molar refractivity (Wildman–Crippen MR) is 95.5 cm³/mol. The molecule has 0 saturated carbocycles. The number of hydrogen-bond acceptors (Lipinski definition) is 4. The van der Waals surface area contributed by atoms with Gasteiger partial charge in [0.1, 0.15) is 18.2 Å². The lowest BCUT2D eigenvalue weighted by molar-refractivity contribution is 0.0999. The van der Waals surface area contributed by atoms with Gasteiger partial charge in [0.25, 0.3) is 5.91 Å². The molecule has 1 aromatic heterocycles. The summed E-state index contributed by atoms with van der Waals surface area (Å²) < 4.78 is 46.4. The Kier molecular flexibility index (Phi) is 5.67. The Bertz CT molecular complexity index is 1010. The van der Waals surface area contributed by atoms with Crippen LogP contribution in [0.25, 0.3) is 0 Å². The first-order chi connectivity index (χ1) is 12.8. The van der Waals surface area contributed by atoms with Gasteiger partial charge >= 0.3 is 0 Å². The van der Waals surface area contributed by atoms with Gasteiger partial charge in [-0.3, -0.25) is 4.79 Å². The molecule has 0 fully saturated rings. The smallest absolute Gasteiger partial charge is 0.277 e. The Hall–Kier alpha value is -2.58. The minimum Gasteiger partial charge on any atom is -0.488 e. The summed E-state index contributed by atoms with van der Waals surface area (Å²) in [4.78, 5) is 15.3. The van der Waals surface area contributed by atoms with Crippen molar-refractivity contribution in [1.29, 1.82) is 0 Å². The van der Waals surface area contributed by atoms with E-state index >= 15 is 0 Å². The van der Waals surface area contributed by atoms with Crippen LogP contribution in [0.3, 0.4) is 0 Å². The Labute approximate surface area is 161 Å². The number of rotatable bonds is 6. The highest BCUT2D eigenvalue weighted by atomic mass is 35.5. The molecule has 140 valence electrons. The molecule has 3 aromatic rings. The van der Waals surface area contributed by atoms with Crippen LogP contribution >= 0.6 is 22.9 Å². The number of benzene rings is 2. The summed E-state index contributed by atoms with van der Waals surface area (Å²) in [6, 6.07) is 6.24. The maximum atomic E-state index is 13.8. The van der Waals surface area contributed by atoms with Crippen LogP contribution in [-0.4, -0.2) is 10.9 Å². The van der Waals surface area contributed by atoms with Crippen molar-refractivity contribution in [1.82, 2.24) is 4.98 Å². The highest BCUT2D eigenvalue weighted by molar-refractivity contribution is 7.11. The molecule has 0 spiro atoms. The van der Waals surface area contributed by atoms with E-state index in [9.17, 15) is 18.0 Å². The molecule has 0 aliphatic carbocycles. The van der Waals surface area contributed by atoms with E-state index < -0.39 is 35.5 Å². The van der Waals surface area contributed by atoms with Crippen LogP contribution in [0.2, 0.25) is 5.02 Å². The lowest BCUT2D eigenvalue weighted by Gasteiger charge is -2.13. The van der Waals surface area contributed by atoms with E-state index in [1.54, 1.807) is 17.5 Å². The minimum absolute atomic E-state index is 0.165. The Morgan fingerprint density at radius 1 is 1.19 bits per heavy atom. The van der Waals surface area contributed by atoms with Gasteiger partial charge < -0.3 is 10.5 Å². The average Bonchev–Trinajstić information content (AvgIpc) is 3.09. The molecule has 0 radical (unpaired) electrons. The molecule has 9 heteroatoms. The predicted octanol–water partition coefficient (Wildman–Crippen LogP) is 4.48. The number of aromatic nitrogens is 1. The fourth-order valence-electron chi connectivity index (χ4n) is 2.37. The Balaban J connectivity index is 1.84. The van der Waals surface area contributed by atoms with Crippen molar-refractivity contribution < 1.29 is 22.7 Å². The molecule has 0 atom stereocenters. The minimum atomic E-state index is -1.30. The first-order valence-corrected chi connectivity index (χ1v) is 8.88. The van der Waals surface area contributed by atoms with E-state index in [0.717, 1.165) is 17.4 Å². The van der Waals surface area contributed by atoms with E-state index in [-0.39, 0.29) is 11.4 Å². The van der Waals surface area contributed by atoms with Gasteiger partial charge in [0, 0.05) is 22.4 Å². The number of primary amides is 1. The van der Waals surface area contributed by atoms with Crippen molar-refractivity contribution >= 4 is 28.8 Å². The second kappa shape index (κ2) is 7.98. The summed E-state index contributed by atoms with van der Waals surface area (Å²) in [7, 11) is 0. The van der Waals surface area contributed by atoms with Gasteiger partial charge in [0.15, 0.2) is 16.6 Å². The second-order valence-corrected chi connectivity index (χ2v) is 6.84. The van der Waals surface area contributed by atoms with Crippen molar-refractivity contribution in [2.24, 2.45) is 5.73 Å². The van der Waals surface area contributed by atoms with Crippen LogP contribution < -0.4 is 10.5 Å². The van der Waals surface area contributed by atoms with Crippen LogP contribution in [0.1, 0.15) is 26.6 Å². The number of thiazole rings is 1. The topological polar surface area (TPSA) is 65.2 Å². The number of nitrogens with zero attached hydrogens (tertiary/aromatic N) is 1. The maximum absolute atomic E-state index is 13.8. The number of hydrogen-bond donors (Lipinski definition) is 1. The van der Waals surface area contributed by atoms with Gasteiger partial charge in [-0.2, -0.15) is 0 Å². The fraction of sp³-hybridized carbons (Fsp3) is 0.111. The van der Waals surface area contributed by atoms with Gasteiger partial charge in [-0.15, -0.1) is 11.3 Å². The molecule has 0 unspecified atom stereocenters. The lowest BCUT2D eigenvalue weighted by atomic mass is 10.1. The van der Waals surface area contributed by atoms with Crippen molar-refractivity contribution in [3.8, 4) is 5.75 Å². The fourth-order valence-corrected chi connectivity index (χ4v) is 3.24. The normalized spacial score (nSPS) is 10.8. The van der Waals surface area contributed by atoms with E-state index in [1.807, 2.05) is 0 Å². The van der Waals surface area contributed by atoms with E-state index in [0.29, 0.717) is 28.1 Å². The Morgan fingerprint density at radius 2 is 1.93 bits per heavy atom. The number of carbonyl (C=O) groups is 1. The summed E-state index contributed by atoms with van der Waals surface area (Å²) in [6.07, 6.45) is 0.258. The van der Waals surface area contributed by atoms with Crippen LogP contribution in [0.15, 0.2) is 35.7 Å². The monoisotopic (exact) mass is 412 g/mol. The number of amides is 1. The molecule has 1 amide bonds. The summed E-state index contributed by atoms with van der Waals surface area (Å²) in [5.74, 6) is -3.69. The molecule has 2 aromatic carbocycles. The number of carbonyl (C=O) groups excluding carboxylic acids is 1. The molecule has 0 aliphatic heterocycles. The summed E-state index contributed by atoms with van der Waals surface area (Å²) in [5.41, 5.74) is 5.82. The molecule has 1 heterocycles. The van der Waals surface area contributed by atoms with Gasteiger partial charge in [-0.25, -0.2) is 18.2 Å². The third kappa shape index (κ3) is 4.40. The number of nitrogens with two attached hydrogens (primary N) is 1. The zero-order valence-electron chi connectivity index (χ0n) is 13.6. The van der Waals surface area contributed by atoms with Crippen molar-refractivity contribution in [2.45, 2.75) is 13.0 Å². The van der Waals surface area contributed by atoms with Gasteiger partial charge in [-0.1, -0.05) is 11.6 Å². The summed E-state index contributed by atoms with van der Waals surface area (Å²) >= 11 is 7.11. The number of halogens is 4. The second-order valence-electron chi connectivity index (χ2n) is 5.55. The molecule has 27 heavy (non-hydrogen) atoms. The zero-order valence-corrected chi connectivity index (χ0v) is 15.2. The molecule has 0 aliphatic rings.